The second-order valence-corrected chi connectivity index (χ2v) is 7.22. The average Bonchev–Trinajstić information content (AvgIpc) is 2.87. The highest BCUT2D eigenvalue weighted by atomic mass is 15.3. The molecule has 118 valence electrons. The minimum atomic E-state index is 0.0171. The Morgan fingerprint density at radius 2 is 1.82 bits per heavy atom. The van der Waals surface area contributed by atoms with Gasteiger partial charge in [0.15, 0.2) is 0 Å². The molecule has 0 aliphatic carbocycles. The van der Waals surface area contributed by atoms with Crippen molar-refractivity contribution < 1.29 is 0 Å². The highest BCUT2D eigenvalue weighted by Gasteiger charge is 2.26. The van der Waals surface area contributed by atoms with E-state index >= 15 is 0 Å². The van der Waals surface area contributed by atoms with E-state index in [1.54, 1.807) is 0 Å². The van der Waals surface area contributed by atoms with Crippen molar-refractivity contribution in [3.8, 4) is 11.3 Å². The molecule has 0 radical (unpaired) electrons. The van der Waals surface area contributed by atoms with E-state index in [9.17, 15) is 0 Å². The van der Waals surface area contributed by atoms with Crippen molar-refractivity contribution in [1.82, 2.24) is 15.1 Å². The SMILES string of the molecule is CN(C)c1ccc(-c2nn(C(C)(C)C)c3c2CNCC3)cc1. The van der Waals surface area contributed by atoms with Gasteiger partial charge >= 0.3 is 0 Å². The molecular weight excluding hydrogens is 272 g/mol. The standard InChI is InChI=1S/C18H26N4/c1-18(2,3)22-16-10-11-19-12-15(16)17(20-22)13-6-8-14(9-7-13)21(4)5/h6-9,19H,10-12H2,1-5H3. The van der Waals surface area contributed by atoms with Crippen molar-refractivity contribution in [1.29, 1.82) is 0 Å². The zero-order valence-electron chi connectivity index (χ0n) is 14.3. The summed E-state index contributed by atoms with van der Waals surface area (Å²) < 4.78 is 2.22. The maximum absolute atomic E-state index is 4.97. The van der Waals surface area contributed by atoms with Crippen molar-refractivity contribution in [2.45, 2.75) is 39.3 Å². The van der Waals surface area contributed by atoms with Gasteiger partial charge in [-0.15, -0.1) is 0 Å². The van der Waals surface area contributed by atoms with E-state index in [0.29, 0.717) is 0 Å². The van der Waals surface area contributed by atoms with Gasteiger partial charge in [0.05, 0.1) is 11.2 Å². The van der Waals surface area contributed by atoms with Crippen LogP contribution < -0.4 is 10.2 Å². The van der Waals surface area contributed by atoms with Crippen LogP contribution in [0.2, 0.25) is 0 Å². The van der Waals surface area contributed by atoms with E-state index in [2.05, 4.69) is 74.0 Å². The van der Waals surface area contributed by atoms with Crippen molar-refractivity contribution in [3.05, 3.63) is 35.5 Å². The molecule has 1 N–H and O–H groups in total. The van der Waals surface area contributed by atoms with Gasteiger partial charge in [-0.05, 0) is 32.9 Å². The number of rotatable bonds is 2. The topological polar surface area (TPSA) is 33.1 Å². The maximum Gasteiger partial charge on any atom is 0.0971 e. The summed E-state index contributed by atoms with van der Waals surface area (Å²) in [6.07, 6.45) is 1.05. The van der Waals surface area contributed by atoms with Crippen LogP contribution >= 0.6 is 0 Å². The molecule has 0 amide bonds. The zero-order valence-corrected chi connectivity index (χ0v) is 14.3. The average molecular weight is 298 g/mol. The van der Waals surface area contributed by atoms with Crippen LogP contribution in [-0.4, -0.2) is 30.4 Å². The summed E-state index contributed by atoms with van der Waals surface area (Å²) in [6.45, 7) is 8.62. The Balaban J connectivity index is 2.09. The van der Waals surface area contributed by atoms with Gasteiger partial charge in [0.2, 0.25) is 0 Å². The van der Waals surface area contributed by atoms with Gasteiger partial charge < -0.3 is 10.2 Å². The Bertz CT molecular complexity index is 660. The number of aromatic nitrogens is 2. The van der Waals surface area contributed by atoms with Crippen LogP contribution in [0.1, 0.15) is 32.0 Å². The summed E-state index contributed by atoms with van der Waals surface area (Å²) in [5.74, 6) is 0. The molecule has 1 aromatic heterocycles. The molecule has 1 aliphatic rings. The molecule has 3 rings (SSSR count). The fourth-order valence-electron chi connectivity index (χ4n) is 3.05. The summed E-state index contributed by atoms with van der Waals surface area (Å²) in [5, 5.41) is 8.45. The molecular formula is C18H26N4. The highest BCUT2D eigenvalue weighted by molar-refractivity contribution is 5.67. The first-order valence-corrected chi connectivity index (χ1v) is 7.97. The van der Waals surface area contributed by atoms with Crippen LogP contribution in [-0.2, 0) is 18.5 Å². The third-order valence-electron chi connectivity index (χ3n) is 4.22. The minimum absolute atomic E-state index is 0.0171. The monoisotopic (exact) mass is 298 g/mol. The molecule has 0 fully saturated rings. The number of nitrogens with one attached hydrogen (secondary N) is 1. The molecule has 1 aromatic carbocycles. The fourth-order valence-corrected chi connectivity index (χ4v) is 3.05. The van der Waals surface area contributed by atoms with Gasteiger partial charge in [0.25, 0.3) is 0 Å². The summed E-state index contributed by atoms with van der Waals surface area (Å²) in [5.41, 5.74) is 6.31. The second-order valence-electron chi connectivity index (χ2n) is 7.22. The van der Waals surface area contributed by atoms with Crippen LogP contribution in [0.15, 0.2) is 24.3 Å². The van der Waals surface area contributed by atoms with Gasteiger partial charge in [0, 0.05) is 56.1 Å². The lowest BCUT2D eigenvalue weighted by Gasteiger charge is -2.24. The largest absolute Gasteiger partial charge is 0.378 e. The predicted octanol–water partition coefficient (Wildman–Crippen LogP) is 3.02. The first kappa shape index (κ1) is 15.1. The van der Waals surface area contributed by atoms with E-state index in [1.807, 2.05) is 0 Å². The van der Waals surface area contributed by atoms with Crippen LogP contribution in [0.5, 0.6) is 0 Å². The molecule has 0 atom stereocenters. The summed E-state index contributed by atoms with van der Waals surface area (Å²) in [7, 11) is 4.13. The lowest BCUT2D eigenvalue weighted by molar-refractivity contribution is 0.340. The maximum atomic E-state index is 4.97. The highest BCUT2D eigenvalue weighted by Crippen LogP contribution is 2.31. The second kappa shape index (κ2) is 5.43. The minimum Gasteiger partial charge on any atom is -0.378 e. The predicted molar refractivity (Wildman–Crippen MR) is 92.4 cm³/mol. The summed E-state index contributed by atoms with van der Waals surface area (Å²) >= 11 is 0. The lowest BCUT2D eigenvalue weighted by Crippen LogP contribution is -2.30. The van der Waals surface area contributed by atoms with E-state index in [0.717, 1.165) is 25.2 Å². The molecule has 0 unspecified atom stereocenters. The molecule has 2 aromatic rings. The number of fused-ring (bicyclic) bond motifs is 1. The molecule has 0 saturated heterocycles. The Hall–Kier alpha value is -1.81. The van der Waals surface area contributed by atoms with Crippen molar-refractivity contribution in [2.75, 3.05) is 25.5 Å². The molecule has 0 saturated carbocycles. The fraction of sp³-hybridized carbons (Fsp3) is 0.500. The molecule has 0 spiro atoms. The van der Waals surface area contributed by atoms with Gasteiger partial charge in [-0.3, -0.25) is 4.68 Å². The van der Waals surface area contributed by atoms with E-state index in [4.69, 9.17) is 5.10 Å². The summed E-state index contributed by atoms with van der Waals surface area (Å²) in [4.78, 5) is 2.12. The van der Waals surface area contributed by atoms with Crippen molar-refractivity contribution >= 4 is 5.69 Å². The Labute approximate surface area is 133 Å². The third kappa shape index (κ3) is 2.63. The van der Waals surface area contributed by atoms with Gasteiger partial charge in [-0.1, -0.05) is 12.1 Å². The summed E-state index contributed by atoms with van der Waals surface area (Å²) in [6, 6.07) is 8.68. The zero-order chi connectivity index (χ0) is 15.9. The third-order valence-corrected chi connectivity index (χ3v) is 4.22. The first-order chi connectivity index (χ1) is 10.4. The molecule has 4 heteroatoms. The quantitative estimate of drug-likeness (QED) is 0.925. The Morgan fingerprint density at radius 1 is 1.14 bits per heavy atom. The molecule has 4 nitrogen and oxygen atoms in total. The van der Waals surface area contributed by atoms with Crippen LogP contribution in [0.25, 0.3) is 11.3 Å². The number of hydrogen-bond acceptors (Lipinski definition) is 3. The number of benzene rings is 1. The van der Waals surface area contributed by atoms with Crippen molar-refractivity contribution in [3.63, 3.8) is 0 Å². The van der Waals surface area contributed by atoms with E-state index in [-0.39, 0.29) is 5.54 Å². The Morgan fingerprint density at radius 3 is 2.41 bits per heavy atom. The van der Waals surface area contributed by atoms with Gasteiger partial charge in [0.1, 0.15) is 0 Å². The number of hydrogen-bond donors (Lipinski definition) is 1. The lowest BCUT2D eigenvalue weighted by atomic mass is 10.0. The Kier molecular flexibility index (Phi) is 3.73. The van der Waals surface area contributed by atoms with Gasteiger partial charge in [-0.2, -0.15) is 5.10 Å². The molecule has 0 bridgehead atoms. The number of anilines is 1. The number of nitrogens with zero attached hydrogens (tertiary/aromatic N) is 3. The van der Waals surface area contributed by atoms with E-state index in [1.165, 1.54) is 22.5 Å². The van der Waals surface area contributed by atoms with E-state index < -0.39 is 0 Å². The first-order valence-electron chi connectivity index (χ1n) is 7.97. The molecule has 1 aliphatic heterocycles. The molecule has 2 heterocycles. The van der Waals surface area contributed by atoms with Crippen LogP contribution in [0.4, 0.5) is 5.69 Å². The van der Waals surface area contributed by atoms with Gasteiger partial charge in [-0.25, -0.2) is 0 Å². The van der Waals surface area contributed by atoms with Crippen molar-refractivity contribution in [2.24, 2.45) is 0 Å². The van der Waals surface area contributed by atoms with Crippen LogP contribution in [0, 0.1) is 0 Å². The molecule has 22 heavy (non-hydrogen) atoms. The normalized spacial score (nSPS) is 14.8. The smallest absolute Gasteiger partial charge is 0.0971 e. The van der Waals surface area contributed by atoms with Crippen LogP contribution in [0.3, 0.4) is 0 Å².